The molecule has 0 spiro atoms. The molecule has 148 valence electrons. The number of fused-ring (bicyclic) bond motifs is 1. The van der Waals surface area contributed by atoms with E-state index < -0.39 is 16.6 Å². The SMILES string of the molecule is O=C(OCC(=O)C12CC3CC(CC(C3)C1)C2)c1cc2c(cc1[N+](=O)[O-])OCO2. The normalized spacial score (nSPS) is 31.6. The molecule has 28 heavy (non-hydrogen) atoms. The lowest BCUT2D eigenvalue weighted by Crippen LogP contribution is -2.51. The van der Waals surface area contributed by atoms with Crippen LogP contribution in [0.3, 0.4) is 0 Å². The monoisotopic (exact) mass is 387 g/mol. The van der Waals surface area contributed by atoms with E-state index >= 15 is 0 Å². The summed E-state index contributed by atoms with van der Waals surface area (Å²) in [5, 5.41) is 11.3. The van der Waals surface area contributed by atoms with Crippen LogP contribution in [0.1, 0.15) is 48.9 Å². The summed E-state index contributed by atoms with van der Waals surface area (Å²) in [7, 11) is 0. The Morgan fingerprint density at radius 1 is 1.07 bits per heavy atom. The van der Waals surface area contributed by atoms with Crippen molar-refractivity contribution in [3.63, 3.8) is 0 Å². The van der Waals surface area contributed by atoms with Crippen LogP contribution in [0.5, 0.6) is 11.5 Å². The second-order valence-corrected chi connectivity index (χ2v) is 8.68. The molecule has 1 aromatic carbocycles. The van der Waals surface area contributed by atoms with Crippen LogP contribution in [0.25, 0.3) is 0 Å². The average molecular weight is 387 g/mol. The van der Waals surface area contributed by atoms with E-state index in [-0.39, 0.29) is 41.7 Å². The maximum Gasteiger partial charge on any atom is 0.345 e. The summed E-state index contributed by atoms with van der Waals surface area (Å²) in [6.07, 6.45) is 6.32. The van der Waals surface area contributed by atoms with E-state index in [1.165, 1.54) is 25.3 Å². The fourth-order valence-electron chi connectivity index (χ4n) is 6.06. The Hall–Kier alpha value is -2.64. The first kappa shape index (κ1) is 17.5. The lowest BCUT2D eigenvalue weighted by molar-refractivity contribution is -0.385. The molecule has 0 saturated heterocycles. The van der Waals surface area contributed by atoms with Crippen molar-refractivity contribution in [1.29, 1.82) is 0 Å². The summed E-state index contributed by atoms with van der Waals surface area (Å²) in [5.41, 5.74) is -1.01. The molecule has 0 N–H and O–H groups in total. The third-order valence-corrected chi connectivity index (χ3v) is 6.87. The average Bonchev–Trinajstić information content (AvgIpc) is 3.11. The Labute approximate surface area is 161 Å². The summed E-state index contributed by atoms with van der Waals surface area (Å²) < 4.78 is 15.6. The van der Waals surface area contributed by atoms with Gasteiger partial charge in [0.1, 0.15) is 5.56 Å². The van der Waals surface area contributed by atoms with Gasteiger partial charge in [0.05, 0.1) is 11.0 Å². The van der Waals surface area contributed by atoms with E-state index in [0.717, 1.165) is 25.3 Å². The minimum absolute atomic E-state index is 0.0386. The largest absolute Gasteiger partial charge is 0.454 e. The number of carbonyl (C=O) groups excluding carboxylic acids is 2. The lowest BCUT2D eigenvalue weighted by atomic mass is 9.48. The lowest BCUT2D eigenvalue weighted by Gasteiger charge is -2.55. The molecule has 5 aliphatic rings. The van der Waals surface area contributed by atoms with E-state index in [9.17, 15) is 19.7 Å². The van der Waals surface area contributed by atoms with Gasteiger partial charge in [0.25, 0.3) is 5.69 Å². The van der Waals surface area contributed by atoms with Crippen LogP contribution >= 0.6 is 0 Å². The number of nitro benzene ring substituents is 1. The molecule has 0 atom stereocenters. The molecule has 0 amide bonds. The first-order chi connectivity index (χ1) is 13.4. The molecule has 6 rings (SSSR count). The summed E-state index contributed by atoms with van der Waals surface area (Å²) in [5.74, 6) is 1.38. The summed E-state index contributed by atoms with van der Waals surface area (Å²) in [6.45, 7) is -0.397. The zero-order valence-corrected chi connectivity index (χ0v) is 15.3. The first-order valence-electron chi connectivity index (χ1n) is 9.72. The number of benzene rings is 1. The van der Waals surface area contributed by atoms with E-state index in [1.54, 1.807) is 0 Å². The molecule has 0 unspecified atom stereocenters. The standard InChI is InChI=1S/C20H21NO7/c22-18(20-6-11-1-12(7-20)3-13(2-11)8-20)9-26-19(23)14-4-16-17(28-10-27-16)5-15(14)21(24)25/h4-5,11-13H,1-3,6-10H2. The highest BCUT2D eigenvalue weighted by molar-refractivity contribution is 5.97. The highest BCUT2D eigenvalue weighted by Crippen LogP contribution is 2.60. The van der Waals surface area contributed by atoms with Gasteiger partial charge in [-0.05, 0) is 56.3 Å². The van der Waals surface area contributed by atoms with Crippen LogP contribution in [0.15, 0.2) is 12.1 Å². The second kappa shape index (κ2) is 6.18. The third-order valence-electron chi connectivity index (χ3n) is 6.87. The number of hydrogen-bond donors (Lipinski definition) is 0. The van der Waals surface area contributed by atoms with E-state index in [0.29, 0.717) is 17.8 Å². The molecule has 4 aliphatic carbocycles. The molecular formula is C20H21NO7. The van der Waals surface area contributed by atoms with Crippen molar-refractivity contribution >= 4 is 17.4 Å². The molecule has 4 bridgehead atoms. The van der Waals surface area contributed by atoms with Crippen molar-refractivity contribution in [2.24, 2.45) is 23.2 Å². The third kappa shape index (κ3) is 2.73. The van der Waals surface area contributed by atoms with Gasteiger partial charge in [0.15, 0.2) is 23.9 Å². The van der Waals surface area contributed by atoms with Gasteiger partial charge in [0.2, 0.25) is 6.79 Å². The number of hydrogen-bond acceptors (Lipinski definition) is 7. The number of carbonyl (C=O) groups is 2. The molecule has 0 aromatic heterocycles. The van der Waals surface area contributed by atoms with Crippen LogP contribution < -0.4 is 9.47 Å². The molecule has 4 fully saturated rings. The minimum atomic E-state index is -0.886. The molecule has 8 heteroatoms. The molecule has 4 saturated carbocycles. The molecule has 1 aromatic rings. The molecule has 0 radical (unpaired) electrons. The Kier molecular flexibility index (Phi) is 3.86. The van der Waals surface area contributed by atoms with Gasteiger partial charge >= 0.3 is 5.97 Å². The minimum Gasteiger partial charge on any atom is -0.454 e. The first-order valence-corrected chi connectivity index (χ1v) is 9.72. The van der Waals surface area contributed by atoms with Crippen LogP contribution in [0, 0.1) is 33.3 Å². The Balaban J connectivity index is 1.32. The maximum atomic E-state index is 13.0. The highest BCUT2D eigenvalue weighted by atomic mass is 16.7. The number of esters is 1. The van der Waals surface area contributed by atoms with E-state index in [2.05, 4.69) is 0 Å². The van der Waals surface area contributed by atoms with Gasteiger partial charge in [0, 0.05) is 11.5 Å². The Morgan fingerprint density at radius 3 is 2.21 bits per heavy atom. The van der Waals surface area contributed by atoms with Crippen LogP contribution in [-0.2, 0) is 9.53 Å². The molecular weight excluding hydrogens is 366 g/mol. The predicted octanol–water partition coefficient (Wildman–Crippen LogP) is 3.27. The zero-order chi connectivity index (χ0) is 19.5. The van der Waals surface area contributed by atoms with Crippen LogP contribution in [0.4, 0.5) is 5.69 Å². The van der Waals surface area contributed by atoms with Crippen molar-refractivity contribution in [1.82, 2.24) is 0 Å². The van der Waals surface area contributed by atoms with Gasteiger partial charge in [-0.25, -0.2) is 4.79 Å². The quantitative estimate of drug-likeness (QED) is 0.434. The zero-order valence-electron chi connectivity index (χ0n) is 15.3. The number of rotatable bonds is 5. The van der Waals surface area contributed by atoms with Crippen molar-refractivity contribution in [2.75, 3.05) is 13.4 Å². The molecule has 1 heterocycles. The highest BCUT2D eigenvalue weighted by Gasteiger charge is 2.54. The van der Waals surface area contributed by atoms with Crippen molar-refractivity contribution in [2.45, 2.75) is 38.5 Å². The number of ketones is 1. The summed E-state index contributed by atoms with van der Waals surface area (Å²) >= 11 is 0. The van der Waals surface area contributed by atoms with Crippen LogP contribution in [-0.4, -0.2) is 30.1 Å². The fraction of sp³-hybridized carbons (Fsp3) is 0.600. The van der Waals surface area contributed by atoms with Crippen molar-refractivity contribution in [3.8, 4) is 11.5 Å². The number of nitrogens with zero attached hydrogens (tertiary/aromatic N) is 1. The predicted molar refractivity (Wildman–Crippen MR) is 95.1 cm³/mol. The van der Waals surface area contributed by atoms with Crippen molar-refractivity contribution < 1.29 is 28.7 Å². The second-order valence-electron chi connectivity index (χ2n) is 8.68. The molecule has 1 aliphatic heterocycles. The smallest absolute Gasteiger partial charge is 0.345 e. The van der Waals surface area contributed by atoms with Gasteiger partial charge < -0.3 is 14.2 Å². The number of Topliss-reactive ketones (excluding diaryl/α,β-unsaturated/α-hetero) is 1. The van der Waals surface area contributed by atoms with Crippen molar-refractivity contribution in [3.05, 3.63) is 27.8 Å². The van der Waals surface area contributed by atoms with E-state index in [1.807, 2.05) is 0 Å². The van der Waals surface area contributed by atoms with Gasteiger partial charge in [-0.2, -0.15) is 0 Å². The Morgan fingerprint density at radius 2 is 1.64 bits per heavy atom. The van der Waals surface area contributed by atoms with Gasteiger partial charge in [-0.1, -0.05) is 0 Å². The number of ether oxygens (including phenoxy) is 3. The molecule has 8 nitrogen and oxygen atoms in total. The van der Waals surface area contributed by atoms with Crippen LogP contribution in [0.2, 0.25) is 0 Å². The van der Waals surface area contributed by atoms with Gasteiger partial charge in [-0.15, -0.1) is 0 Å². The van der Waals surface area contributed by atoms with Gasteiger partial charge in [-0.3, -0.25) is 14.9 Å². The summed E-state index contributed by atoms with van der Waals surface area (Å²) in [6, 6.07) is 2.40. The Bertz CT molecular complexity index is 842. The van der Waals surface area contributed by atoms with E-state index in [4.69, 9.17) is 14.2 Å². The topological polar surface area (TPSA) is 105 Å². The fourth-order valence-corrected chi connectivity index (χ4v) is 6.06. The maximum absolute atomic E-state index is 13.0. The summed E-state index contributed by atoms with van der Waals surface area (Å²) in [4.78, 5) is 36.2. The number of nitro groups is 1.